The summed E-state index contributed by atoms with van der Waals surface area (Å²) >= 11 is 1.53. The van der Waals surface area contributed by atoms with Crippen molar-refractivity contribution in [2.75, 3.05) is 33.0 Å². The lowest BCUT2D eigenvalue weighted by molar-refractivity contribution is 0.0948. The van der Waals surface area contributed by atoms with Crippen molar-refractivity contribution in [3.63, 3.8) is 0 Å². The Kier molecular flexibility index (Phi) is 5.57. The number of rotatable bonds is 5. The van der Waals surface area contributed by atoms with Crippen molar-refractivity contribution in [2.24, 2.45) is 0 Å². The molecule has 6 rings (SSSR count). The van der Waals surface area contributed by atoms with Crippen LogP contribution in [0.25, 0.3) is 21.3 Å². The summed E-state index contributed by atoms with van der Waals surface area (Å²) in [6, 6.07) is 16.2. The van der Waals surface area contributed by atoms with Crippen LogP contribution in [0.4, 0.5) is 0 Å². The second kappa shape index (κ2) is 8.87. The molecular weight excluding hydrogens is 448 g/mol. The fourth-order valence-corrected chi connectivity index (χ4v) is 5.73. The van der Waals surface area contributed by atoms with Crippen LogP contribution in [0.3, 0.4) is 0 Å². The minimum Gasteiger partial charge on any atom is -0.454 e. The molecule has 2 aliphatic heterocycles. The first-order valence-electron chi connectivity index (χ1n) is 11.6. The van der Waals surface area contributed by atoms with Gasteiger partial charge < -0.3 is 14.5 Å². The first kappa shape index (κ1) is 21.3. The van der Waals surface area contributed by atoms with Gasteiger partial charge in [0.05, 0.1) is 11.4 Å². The van der Waals surface area contributed by atoms with Crippen LogP contribution >= 0.6 is 11.3 Å². The quantitative estimate of drug-likeness (QED) is 0.466. The van der Waals surface area contributed by atoms with E-state index in [1.54, 1.807) is 0 Å². The topological polar surface area (TPSA) is 70.7 Å². The summed E-state index contributed by atoms with van der Waals surface area (Å²) in [6.07, 6.45) is 0. The van der Waals surface area contributed by atoms with Gasteiger partial charge in [0.2, 0.25) is 6.79 Å². The first-order valence-corrected chi connectivity index (χ1v) is 12.5. The van der Waals surface area contributed by atoms with E-state index in [1.807, 2.05) is 41.8 Å². The van der Waals surface area contributed by atoms with Crippen LogP contribution in [0, 0.1) is 0 Å². The van der Waals surface area contributed by atoms with Gasteiger partial charge in [0, 0.05) is 43.7 Å². The van der Waals surface area contributed by atoms with E-state index in [0.29, 0.717) is 12.2 Å². The number of nitrogens with one attached hydrogen (secondary N) is 1. The fraction of sp³-hybridized carbons (Fsp3) is 0.308. The molecule has 0 saturated carbocycles. The SMILES string of the molecule is C[C@H](c1nc2scc(-c3ccccc3)c2c(=O)[nH]1)N1CCN(Cc2ccc3c(c2)OCO3)CC1. The Balaban J connectivity index is 1.14. The van der Waals surface area contributed by atoms with Crippen LogP contribution in [0.5, 0.6) is 11.5 Å². The third-order valence-corrected chi connectivity index (χ3v) is 7.61. The Morgan fingerprint density at radius 2 is 1.85 bits per heavy atom. The Labute approximate surface area is 201 Å². The molecule has 4 heterocycles. The van der Waals surface area contributed by atoms with E-state index in [-0.39, 0.29) is 11.6 Å². The third kappa shape index (κ3) is 3.98. The molecule has 0 spiro atoms. The smallest absolute Gasteiger partial charge is 0.260 e. The summed E-state index contributed by atoms with van der Waals surface area (Å²) in [5.74, 6) is 2.39. The molecule has 8 heteroatoms. The molecule has 34 heavy (non-hydrogen) atoms. The van der Waals surface area contributed by atoms with Crippen molar-refractivity contribution in [3.8, 4) is 22.6 Å². The predicted octanol–water partition coefficient (Wildman–Crippen LogP) is 4.26. The number of thiophene rings is 1. The van der Waals surface area contributed by atoms with Crippen LogP contribution in [0.2, 0.25) is 0 Å². The molecule has 1 fully saturated rings. The van der Waals surface area contributed by atoms with Crippen molar-refractivity contribution in [2.45, 2.75) is 19.5 Å². The Morgan fingerprint density at radius 1 is 1.06 bits per heavy atom. The highest BCUT2D eigenvalue weighted by Gasteiger charge is 2.25. The van der Waals surface area contributed by atoms with Gasteiger partial charge in [-0.3, -0.25) is 14.6 Å². The second-order valence-electron chi connectivity index (χ2n) is 8.82. The van der Waals surface area contributed by atoms with Crippen LogP contribution in [-0.4, -0.2) is 52.7 Å². The highest BCUT2D eigenvalue weighted by molar-refractivity contribution is 7.17. The molecule has 174 valence electrons. The fourth-order valence-electron chi connectivity index (χ4n) is 4.77. The third-order valence-electron chi connectivity index (χ3n) is 6.74. The zero-order valence-corrected chi connectivity index (χ0v) is 19.8. The maximum Gasteiger partial charge on any atom is 0.260 e. The molecule has 2 aromatic carbocycles. The number of fused-ring (bicyclic) bond motifs is 2. The lowest BCUT2D eigenvalue weighted by Crippen LogP contribution is -2.47. The number of hydrogen-bond donors (Lipinski definition) is 1. The molecule has 7 nitrogen and oxygen atoms in total. The van der Waals surface area contributed by atoms with Crippen molar-refractivity contribution in [3.05, 3.63) is 75.7 Å². The predicted molar refractivity (Wildman–Crippen MR) is 134 cm³/mol. The van der Waals surface area contributed by atoms with Crippen LogP contribution < -0.4 is 15.0 Å². The van der Waals surface area contributed by atoms with E-state index in [1.165, 1.54) is 16.9 Å². The molecule has 4 aromatic rings. The van der Waals surface area contributed by atoms with Gasteiger partial charge in [-0.2, -0.15) is 0 Å². The van der Waals surface area contributed by atoms with Gasteiger partial charge in [0.1, 0.15) is 10.7 Å². The van der Waals surface area contributed by atoms with Crippen LogP contribution in [-0.2, 0) is 6.54 Å². The molecule has 0 radical (unpaired) electrons. The maximum absolute atomic E-state index is 13.0. The Morgan fingerprint density at radius 3 is 2.68 bits per heavy atom. The van der Waals surface area contributed by atoms with Crippen molar-refractivity contribution in [1.82, 2.24) is 19.8 Å². The number of aromatic amines is 1. The molecule has 0 bridgehead atoms. The lowest BCUT2D eigenvalue weighted by Gasteiger charge is -2.37. The zero-order chi connectivity index (χ0) is 23.1. The summed E-state index contributed by atoms with van der Waals surface area (Å²) < 4.78 is 10.9. The van der Waals surface area contributed by atoms with E-state index < -0.39 is 0 Å². The number of ether oxygens (including phenoxy) is 2. The van der Waals surface area contributed by atoms with E-state index in [9.17, 15) is 4.79 Å². The van der Waals surface area contributed by atoms with Crippen molar-refractivity contribution < 1.29 is 9.47 Å². The maximum atomic E-state index is 13.0. The summed E-state index contributed by atoms with van der Waals surface area (Å²) in [5, 5.41) is 2.71. The van der Waals surface area contributed by atoms with Crippen LogP contribution in [0.15, 0.2) is 58.7 Å². The molecule has 0 aliphatic carbocycles. The molecule has 1 saturated heterocycles. The molecule has 2 aromatic heterocycles. The van der Waals surface area contributed by atoms with Gasteiger partial charge in [0.25, 0.3) is 5.56 Å². The van der Waals surface area contributed by atoms with E-state index in [4.69, 9.17) is 14.5 Å². The Bertz CT molecular complexity index is 1380. The molecule has 0 amide bonds. The minimum absolute atomic E-state index is 0.0482. The summed E-state index contributed by atoms with van der Waals surface area (Å²) in [4.78, 5) is 26.6. The summed E-state index contributed by atoms with van der Waals surface area (Å²) in [6.45, 7) is 7.09. The molecule has 0 unspecified atom stereocenters. The number of aromatic nitrogens is 2. The monoisotopic (exact) mass is 474 g/mol. The number of H-pyrrole nitrogens is 1. The summed E-state index contributed by atoms with van der Waals surface area (Å²) in [5.41, 5.74) is 3.16. The number of piperazine rings is 1. The van der Waals surface area contributed by atoms with Gasteiger partial charge in [0.15, 0.2) is 11.5 Å². The average Bonchev–Trinajstić information content (AvgIpc) is 3.52. The van der Waals surface area contributed by atoms with Gasteiger partial charge in [-0.25, -0.2) is 4.98 Å². The number of nitrogens with zero attached hydrogens (tertiary/aromatic N) is 3. The molecular formula is C26H26N4O3S. The zero-order valence-electron chi connectivity index (χ0n) is 19.0. The Hall–Kier alpha value is -3.20. The summed E-state index contributed by atoms with van der Waals surface area (Å²) in [7, 11) is 0. The average molecular weight is 475 g/mol. The largest absolute Gasteiger partial charge is 0.454 e. The van der Waals surface area contributed by atoms with Gasteiger partial charge >= 0.3 is 0 Å². The van der Waals surface area contributed by atoms with Gasteiger partial charge in [-0.15, -0.1) is 11.3 Å². The normalized spacial score (nSPS) is 17.3. The highest BCUT2D eigenvalue weighted by atomic mass is 32.1. The lowest BCUT2D eigenvalue weighted by atomic mass is 10.1. The minimum atomic E-state index is -0.0617. The van der Waals surface area contributed by atoms with Crippen molar-refractivity contribution in [1.29, 1.82) is 0 Å². The second-order valence-corrected chi connectivity index (χ2v) is 9.68. The molecule has 1 N–H and O–H groups in total. The van der Waals surface area contributed by atoms with Crippen molar-refractivity contribution >= 4 is 21.6 Å². The van der Waals surface area contributed by atoms with Crippen LogP contribution in [0.1, 0.15) is 24.4 Å². The number of hydrogen-bond acceptors (Lipinski definition) is 7. The molecule has 1 atom stereocenters. The van der Waals surface area contributed by atoms with E-state index in [0.717, 1.165) is 66.0 Å². The first-order chi connectivity index (χ1) is 16.7. The van der Waals surface area contributed by atoms with Gasteiger partial charge in [-0.05, 0) is 30.2 Å². The standard InChI is InChI=1S/C26H26N4O3S/c1-17(24-27-25(31)23-20(15-34-26(23)28-24)19-5-3-2-4-6-19)30-11-9-29(10-12-30)14-18-7-8-21-22(13-18)33-16-32-21/h2-8,13,15,17H,9-12,14,16H2,1H3,(H,27,28,31)/t17-/m1/s1. The van der Waals surface area contributed by atoms with E-state index >= 15 is 0 Å². The van der Waals surface area contributed by atoms with Gasteiger partial charge in [-0.1, -0.05) is 36.4 Å². The highest BCUT2D eigenvalue weighted by Crippen LogP contribution is 2.33. The molecule has 2 aliphatic rings. The number of benzene rings is 2. The van der Waals surface area contributed by atoms with E-state index in [2.05, 4.69) is 33.8 Å².